The second-order valence-corrected chi connectivity index (χ2v) is 4.91. The summed E-state index contributed by atoms with van der Waals surface area (Å²) in [5.74, 6) is 0.895. The monoisotopic (exact) mass is 228 g/mol. The average molecular weight is 228 g/mol. The lowest BCUT2D eigenvalue weighted by molar-refractivity contribution is 0.122. The largest absolute Gasteiger partial charge is 0.385 e. The lowest BCUT2D eigenvalue weighted by atomic mass is 9.97. The highest BCUT2D eigenvalue weighted by atomic mass is 16.5. The normalized spacial score (nSPS) is 20.2. The van der Waals surface area contributed by atoms with E-state index in [2.05, 4.69) is 24.1 Å². The number of nitrogens with zero attached hydrogens (tertiary/aromatic N) is 1. The summed E-state index contributed by atoms with van der Waals surface area (Å²) in [6.45, 7) is 10.3. The van der Waals surface area contributed by atoms with Crippen LogP contribution in [0.15, 0.2) is 0 Å². The summed E-state index contributed by atoms with van der Waals surface area (Å²) in [7, 11) is 1.79. The summed E-state index contributed by atoms with van der Waals surface area (Å²) in [4.78, 5) is 2.61. The van der Waals surface area contributed by atoms with E-state index in [1.807, 2.05) is 0 Å². The number of ether oxygens (including phenoxy) is 1. The summed E-state index contributed by atoms with van der Waals surface area (Å²) in [5.41, 5.74) is 0. The van der Waals surface area contributed by atoms with Gasteiger partial charge in [0.1, 0.15) is 0 Å². The van der Waals surface area contributed by atoms with Crippen molar-refractivity contribution in [1.82, 2.24) is 10.2 Å². The summed E-state index contributed by atoms with van der Waals surface area (Å²) in [6, 6.07) is 0.653. The SMILES string of the molecule is CCN(CC1CCNCC1)C(C)CCOC. The minimum Gasteiger partial charge on any atom is -0.385 e. The Morgan fingerprint density at radius 1 is 1.38 bits per heavy atom. The molecule has 0 radical (unpaired) electrons. The Bertz CT molecular complexity index is 169. The van der Waals surface area contributed by atoms with Gasteiger partial charge in [-0.1, -0.05) is 6.92 Å². The van der Waals surface area contributed by atoms with E-state index in [9.17, 15) is 0 Å². The molecule has 1 rings (SSSR count). The summed E-state index contributed by atoms with van der Waals surface area (Å²) >= 11 is 0. The molecule has 0 spiro atoms. The predicted octanol–water partition coefficient (Wildman–Crippen LogP) is 1.73. The maximum absolute atomic E-state index is 5.16. The van der Waals surface area contributed by atoms with E-state index in [4.69, 9.17) is 4.74 Å². The van der Waals surface area contributed by atoms with Crippen LogP contribution in [-0.4, -0.2) is 50.8 Å². The fourth-order valence-electron chi connectivity index (χ4n) is 2.49. The third-order valence-corrected chi connectivity index (χ3v) is 3.72. The smallest absolute Gasteiger partial charge is 0.0477 e. The van der Waals surface area contributed by atoms with Crippen molar-refractivity contribution in [3.8, 4) is 0 Å². The number of nitrogens with one attached hydrogen (secondary N) is 1. The molecule has 3 heteroatoms. The molecule has 1 atom stereocenters. The molecular weight excluding hydrogens is 200 g/mol. The molecule has 0 bridgehead atoms. The molecule has 1 saturated heterocycles. The van der Waals surface area contributed by atoms with Gasteiger partial charge in [-0.15, -0.1) is 0 Å². The van der Waals surface area contributed by atoms with Gasteiger partial charge in [0.25, 0.3) is 0 Å². The van der Waals surface area contributed by atoms with Gasteiger partial charge in [0.2, 0.25) is 0 Å². The highest BCUT2D eigenvalue weighted by Gasteiger charge is 2.19. The molecule has 3 nitrogen and oxygen atoms in total. The van der Waals surface area contributed by atoms with Gasteiger partial charge in [-0.3, -0.25) is 0 Å². The van der Waals surface area contributed by atoms with Gasteiger partial charge < -0.3 is 15.0 Å². The highest BCUT2D eigenvalue weighted by Crippen LogP contribution is 2.15. The zero-order valence-electron chi connectivity index (χ0n) is 11.2. The van der Waals surface area contributed by atoms with Crippen LogP contribution in [0.25, 0.3) is 0 Å². The van der Waals surface area contributed by atoms with Gasteiger partial charge in [-0.05, 0) is 51.7 Å². The van der Waals surface area contributed by atoms with Crippen LogP contribution in [-0.2, 0) is 4.74 Å². The fraction of sp³-hybridized carbons (Fsp3) is 1.00. The fourth-order valence-corrected chi connectivity index (χ4v) is 2.49. The molecule has 1 unspecified atom stereocenters. The Morgan fingerprint density at radius 2 is 2.06 bits per heavy atom. The van der Waals surface area contributed by atoms with E-state index in [-0.39, 0.29) is 0 Å². The van der Waals surface area contributed by atoms with Gasteiger partial charge in [-0.25, -0.2) is 0 Å². The van der Waals surface area contributed by atoms with Crippen LogP contribution in [0.1, 0.15) is 33.1 Å². The molecule has 0 aromatic rings. The van der Waals surface area contributed by atoms with Crippen molar-refractivity contribution in [2.75, 3.05) is 39.9 Å². The van der Waals surface area contributed by atoms with E-state index in [1.165, 1.54) is 32.5 Å². The number of hydrogen-bond donors (Lipinski definition) is 1. The molecule has 0 amide bonds. The van der Waals surface area contributed by atoms with Gasteiger partial charge in [-0.2, -0.15) is 0 Å². The van der Waals surface area contributed by atoms with Crippen molar-refractivity contribution in [2.45, 2.75) is 39.2 Å². The molecule has 0 aliphatic carbocycles. The molecule has 0 aromatic heterocycles. The summed E-state index contributed by atoms with van der Waals surface area (Å²) < 4.78 is 5.16. The van der Waals surface area contributed by atoms with Gasteiger partial charge in [0, 0.05) is 26.3 Å². The summed E-state index contributed by atoms with van der Waals surface area (Å²) in [6.07, 6.45) is 3.83. The molecule has 1 fully saturated rings. The Morgan fingerprint density at radius 3 is 2.62 bits per heavy atom. The Labute approximate surface area is 101 Å². The second kappa shape index (κ2) is 8.04. The number of hydrogen-bond acceptors (Lipinski definition) is 3. The average Bonchev–Trinajstić information content (AvgIpc) is 2.34. The third kappa shape index (κ3) is 4.81. The predicted molar refractivity (Wildman–Crippen MR) is 68.8 cm³/mol. The Kier molecular flexibility index (Phi) is 7.01. The lowest BCUT2D eigenvalue weighted by Gasteiger charge is -2.33. The molecule has 96 valence electrons. The highest BCUT2D eigenvalue weighted by molar-refractivity contribution is 4.75. The maximum atomic E-state index is 5.16. The number of rotatable bonds is 7. The lowest BCUT2D eigenvalue weighted by Crippen LogP contribution is -2.40. The molecule has 0 aromatic carbocycles. The van der Waals surface area contributed by atoms with E-state index in [0.29, 0.717) is 6.04 Å². The van der Waals surface area contributed by atoms with Crippen LogP contribution in [0.4, 0.5) is 0 Å². The van der Waals surface area contributed by atoms with E-state index in [0.717, 1.165) is 25.5 Å². The van der Waals surface area contributed by atoms with Crippen LogP contribution < -0.4 is 5.32 Å². The van der Waals surface area contributed by atoms with Gasteiger partial charge in [0.15, 0.2) is 0 Å². The van der Waals surface area contributed by atoms with E-state index < -0.39 is 0 Å². The number of methoxy groups -OCH3 is 1. The van der Waals surface area contributed by atoms with Crippen LogP contribution >= 0.6 is 0 Å². The number of piperidine rings is 1. The summed E-state index contributed by atoms with van der Waals surface area (Å²) in [5, 5.41) is 3.43. The molecule has 1 heterocycles. The first kappa shape index (κ1) is 13.9. The van der Waals surface area contributed by atoms with Crippen LogP contribution in [0.3, 0.4) is 0 Å². The van der Waals surface area contributed by atoms with Crippen molar-refractivity contribution < 1.29 is 4.74 Å². The van der Waals surface area contributed by atoms with Crippen LogP contribution in [0.5, 0.6) is 0 Å². The third-order valence-electron chi connectivity index (χ3n) is 3.72. The van der Waals surface area contributed by atoms with Gasteiger partial charge >= 0.3 is 0 Å². The molecule has 0 saturated carbocycles. The van der Waals surface area contributed by atoms with Crippen molar-refractivity contribution in [1.29, 1.82) is 0 Å². The van der Waals surface area contributed by atoms with Crippen molar-refractivity contribution in [3.63, 3.8) is 0 Å². The maximum Gasteiger partial charge on any atom is 0.0477 e. The quantitative estimate of drug-likeness (QED) is 0.718. The van der Waals surface area contributed by atoms with E-state index >= 15 is 0 Å². The molecular formula is C13H28N2O. The van der Waals surface area contributed by atoms with Crippen molar-refractivity contribution in [2.24, 2.45) is 5.92 Å². The minimum atomic E-state index is 0.653. The van der Waals surface area contributed by atoms with Crippen LogP contribution in [0.2, 0.25) is 0 Å². The van der Waals surface area contributed by atoms with Crippen molar-refractivity contribution in [3.05, 3.63) is 0 Å². The first-order valence-electron chi connectivity index (χ1n) is 6.71. The van der Waals surface area contributed by atoms with E-state index in [1.54, 1.807) is 7.11 Å². The molecule has 1 aliphatic rings. The molecule has 16 heavy (non-hydrogen) atoms. The van der Waals surface area contributed by atoms with Gasteiger partial charge in [0.05, 0.1) is 0 Å². The first-order chi connectivity index (χ1) is 7.77. The zero-order chi connectivity index (χ0) is 11.8. The Hall–Kier alpha value is -0.120. The topological polar surface area (TPSA) is 24.5 Å². The second-order valence-electron chi connectivity index (χ2n) is 4.91. The van der Waals surface area contributed by atoms with Crippen molar-refractivity contribution >= 4 is 0 Å². The molecule has 1 aliphatic heterocycles. The Balaban J connectivity index is 2.28. The first-order valence-corrected chi connectivity index (χ1v) is 6.71. The molecule has 1 N–H and O–H groups in total. The standard InChI is InChI=1S/C13H28N2O/c1-4-15(12(2)7-10-16-3)11-13-5-8-14-9-6-13/h12-14H,4-11H2,1-3H3. The minimum absolute atomic E-state index is 0.653. The zero-order valence-corrected chi connectivity index (χ0v) is 11.2. The van der Waals surface area contributed by atoms with Crippen LogP contribution in [0, 0.1) is 5.92 Å².